The monoisotopic (exact) mass is 439 g/mol. The van der Waals surface area contributed by atoms with Crippen molar-refractivity contribution in [2.45, 2.75) is 56.8 Å². The van der Waals surface area contributed by atoms with Crippen molar-refractivity contribution in [2.75, 3.05) is 18.5 Å². The molecule has 2 aromatic rings. The molecule has 170 valence electrons. The van der Waals surface area contributed by atoms with E-state index in [1.54, 1.807) is 12.4 Å². The molecule has 32 heavy (non-hydrogen) atoms. The van der Waals surface area contributed by atoms with E-state index in [-0.39, 0.29) is 49.4 Å². The maximum absolute atomic E-state index is 12.5. The molecule has 2 amide bonds. The predicted molar refractivity (Wildman–Crippen MR) is 118 cm³/mol. The van der Waals surface area contributed by atoms with Crippen LogP contribution in [0.25, 0.3) is 0 Å². The van der Waals surface area contributed by atoms with Gasteiger partial charge in [-0.1, -0.05) is 6.92 Å². The maximum atomic E-state index is 12.5. The van der Waals surface area contributed by atoms with Gasteiger partial charge in [-0.15, -0.1) is 0 Å². The lowest BCUT2D eigenvalue weighted by Gasteiger charge is -2.37. The largest absolute Gasteiger partial charge is 0.487 e. The molecule has 1 fully saturated rings. The smallest absolute Gasteiger partial charge is 0.228 e. The number of rotatable bonds is 8. The third-order valence-electron chi connectivity index (χ3n) is 5.88. The molecular formula is C24H29N3O5. The van der Waals surface area contributed by atoms with Gasteiger partial charge in [0, 0.05) is 36.1 Å². The number of hydrogen-bond donors (Lipinski definition) is 3. The van der Waals surface area contributed by atoms with Crippen LogP contribution in [-0.2, 0) is 20.7 Å². The third-order valence-corrected chi connectivity index (χ3v) is 5.88. The Hall–Kier alpha value is -2.97. The van der Waals surface area contributed by atoms with Crippen LogP contribution in [0.4, 0.5) is 5.69 Å². The van der Waals surface area contributed by atoms with Gasteiger partial charge in [-0.2, -0.15) is 0 Å². The molecule has 8 nitrogen and oxygen atoms in total. The van der Waals surface area contributed by atoms with E-state index in [2.05, 4.69) is 15.6 Å². The van der Waals surface area contributed by atoms with Gasteiger partial charge in [0.1, 0.15) is 18.0 Å². The number of amides is 2. The first kappa shape index (κ1) is 22.2. The highest BCUT2D eigenvalue weighted by Gasteiger charge is 2.46. The van der Waals surface area contributed by atoms with Crippen LogP contribution < -0.4 is 15.4 Å². The second-order valence-corrected chi connectivity index (χ2v) is 8.29. The Bertz CT molecular complexity index is 952. The van der Waals surface area contributed by atoms with Crippen LogP contribution in [0.3, 0.4) is 0 Å². The number of carbonyl (C=O) groups is 2. The number of anilines is 1. The maximum Gasteiger partial charge on any atom is 0.228 e. The van der Waals surface area contributed by atoms with E-state index in [1.807, 2.05) is 37.3 Å². The number of fused-ring (bicyclic) bond motifs is 3. The van der Waals surface area contributed by atoms with Crippen molar-refractivity contribution in [1.29, 1.82) is 0 Å². The third kappa shape index (κ3) is 5.08. The number of pyridine rings is 1. The Labute approximate surface area is 187 Å². The van der Waals surface area contributed by atoms with Crippen LogP contribution in [0.1, 0.15) is 43.2 Å². The predicted octanol–water partition coefficient (Wildman–Crippen LogP) is 2.17. The summed E-state index contributed by atoms with van der Waals surface area (Å²) in [5.41, 5.74) is 2.55. The topological polar surface area (TPSA) is 110 Å². The molecule has 4 rings (SSSR count). The van der Waals surface area contributed by atoms with E-state index in [0.29, 0.717) is 18.7 Å². The molecule has 3 N–H and O–H groups in total. The average Bonchev–Trinajstić information content (AvgIpc) is 3.15. The SMILES string of the molecule is CCCNC(=O)C[C@H]1C[C@H]2c3cc(NC(=O)Cc4ccncc4)ccc3O[C@H]2[C@H](CO)O1. The Morgan fingerprint density at radius 2 is 2.00 bits per heavy atom. The van der Waals surface area contributed by atoms with Crippen molar-refractivity contribution in [2.24, 2.45) is 0 Å². The molecule has 0 aliphatic carbocycles. The fourth-order valence-corrected chi connectivity index (χ4v) is 4.40. The number of aromatic nitrogens is 1. The summed E-state index contributed by atoms with van der Waals surface area (Å²) in [4.78, 5) is 28.6. The Morgan fingerprint density at radius 3 is 2.75 bits per heavy atom. The normalized spacial score (nSPS) is 23.6. The molecule has 2 aliphatic rings. The zero-order chi connectivity index (χ0) is 22.5. The summed E-state index contributed by atoms with van der Waals surface area (Å²) in [6.07, 6.45) is 4.20. The summed E-state index contributed by atoms with van der Waals surface area (Å²) in [5, 5.41) is 15.7. The van der Waals surface area contributed by atoms with Crippen molar-refractivity contribution in [3.8, 4) is 5.75 Å². The van der Waals surface area contributed by atoms with Crippen LogP contribution in [0.15, 0.2) is 42.7 Å². The van der Waals surface area contributed by atoms with Gasteiger partial charge in [0.2, 0.25) is 11.8 Å². The molecular weight excluding hydrogens is 410 g/mol. The molecule has 0 saturated carbocycles. The van der Waals surface area contributed by atoms with Crippen LogP contribution in [0, 0.1) is 0 Å². The Morgan fingerprint density at radius 1 is 1.19 bits per heavy atom. The molecule has 4 atom stereocenters. The summed E-state index contributed by atoms with van der Waals surface area (Å²) < 4.78 is 12.1. The van der Waals surface area contributed by atoms with E-state index >= 15 is 0 Å². The number of ether oxygens (including phenoxy) is 2. The zero-order valence-corrected chi connectivity index (χ0v) is 18.1. The van der Waals surface area contributed by atoms with E-state index in [1.165, 1.54) is 0 Å². The van der Waals surface area contributed by atoms with Gasteiger partial charge < -0.3 is 25.2 Å². The number of aliphatic hydroxyl groups is 1. The summed E-state index contributed by atoms with van der Waals surface area (Å²) in [7, 11) is 0. The summed E-state index contributed by atoms with van der Waals surface area (Å²) in [5.74, 6) is 0.544. The van der Waals surface area contributed by atoms with Gasteiger partial charge in [0.05, 0.1) is 25.6 Å². The fourth-order valence-electron chi connectivity index (χ4n) is 4.40. The van der Waals surface area contributed by atoms with Crippen LogP contribution in [0.5, 0.6) is 5.75 Å². The summed E-state index contributed by atoms with van der Waals surface area (Å²) in [6.45, 7) is 2.46. The number of hydrogen-bond acceptors (Lipinski definition) is 6. The first-order chi connectivity index (χ1) is 15.6. The van der Waals surface area contributed by atoms with Crippen molar-refractivity contribution in [1.82, 2.24) is 10.3 Å². The number of nitrogens with one attached hydrogen (secondary N) is 2. The number of benzene rings is 1. The molecule has 0 unspecified atom stereocenters. The summed E-state index contributed by atoms with van der Waals surface area (Å²) >= 11 is 0. The molecule has 2 aliphatic heterocycles. The summed E-state index contributed by atoms with van der Waals surface area (Å²) in [6, 6.07) is 9.21. The minimum Gasteiger partial charge on any atom is -0.487 e. The highest BCUT2D eigenvalue weighted by atomic mass is 16.6. The number of nitrogens with zero attached hydrogens (tertiary/aromatic N) is 1. The van der Waals surface area contributed by atoms with E-state index in [0.717, 1.165) is 23.3 Å². The van der Waals surface area contributed by atoms with Gasteiger partial charge in [0.15, 0.2) is 0 Å². The molecule has 3 heterocycles. The molecule has 1 saturated heterocycles. The van der Waals surface area contributed by atoms with E-state index < -0.39 is 6.10 Å². The Balaban J connectivity index is 1.45. The quantitative estimate of drug-likeness (QED) is 0.582. The molecule has 8 heteroatoms. The average molecular weight is 440 g/mol. The van der Waals surface area contributed by atoms with Crippen molar-refractivity contribution < 1.29 is 24.2 Å². The first-order valence-electron chi connectivity index (χ1n) is 11.1. The highest BCUT2D eigenvalue weighted by molar-refractivity contribution is 5.92. The van der Waals surface area contributed by atoms with Gasteiger partial charge in [-0.3, -0.25) is 14.6 Å². The molecule has 0 spiro atoms. The van der Waals surface area contributed by atoms with Gasteiger partial charge in [-0.25, -0.2) is 0 Å². The van der Waals surface area contributed by atoms with Crippen molar-refractivity contribution in [3.05, 3.63) is 53.9 Å². The van der Waals surface area contributed by atoms with Crippen LogP contribution in [-0.4, -0.2) is 53.4 Å². The lowest BCUT2D eigenvalue weighted by molar-refractivity contribution is -0.142. The van der Waals surface area contributed by atoms with Gasteiger partial charge >= 0.3 is 0 Å². The second-order valence-electron chi connectivity index (χ2n) is 8.29. The fraction of sp³-hybridized carbons (Fsp3) is 0.458. The first-order valence-corrected chi connectivity index (χ1v) is 11.1. The van der Waals surface area contributed by atoms with Gasteiger partial charge in [-0.05, 0) is 48.7 Å². The number of aliphatic hydroxyl groups excluding tert-OH is 1. The Kier molecular flexibility index (Phi) is 7.02. The zero-order valence-electron chi connectivity index (χ0n) is 18.1. The lowest BCUT2D eigenvalue weighted by Crippen LogP contribution is -2.47. The molecule has 0 bridgehead atoms. The van der Waals surface area contributed by atoms with E-state index in [4.69, 9.17) is 9.47 Å². The number of carbonyl (C=O) groups excluding carboxylic acids is 2. The van der Waals surface area contributed by atoms with E-state index in [9.17, 15) is 14.7 Å². The molecule has 1 aromatic heterocycles. The van der Waals surface area contributed by atoms with Crippen molar-refractivity contribution in [3.63, 3.8) is 0 Å². The molecule has 0 radical (unpaired) electrons. The van der Waals surface area contributed by atoms with Crippen LogP contribution in [0.2, 0.25) is 0 Å². The standard InChI is InChI=1S/C24H29N3O5/c1-2-7-26-22(29)13-17-12-19-18-11-16(27-23(30)10-15-5-8-25-9-6-15)3-4-20(18)32-24(19)21(14-28)31-17/h3-6,8-9,11,17,19,21,24,28H,2,7,10,12-14H2,1H3,(H,26,29)(H,27,30)/t17-,19+,21+,24-/m1/s1. The lowest BCUT2D eigenvalue weighted by atomic mass is 9.84. The minimum atomic E-state index is -0.505. The van der Waals surface area contributed by atoms with Crippen molar-refractivity contribution >= 4 is 17.5 Å². The van der Waals surface area contributed by atoms with Crippen LogP contribution >= 0.6 is 0 Å². The van der Waals surface area contributed by atoms with Gasteiger partial charge in [0.25, 0.3) is 0 Å². The minimum absolute atomic E-state index is 0.0167. The second kappa shape index (κ2) is 10.1. The highest BCUT2D eigenvalue weighted by Crippen LogP contribution is 2.47. The molecule has 1 aromatic carbocycles.